The number of carboxylic acids is 1. The Labute approximate surface area is 114 Å². The van der Waals surface area contributed by atoms with E-state index in [4.69, 9.17) is 5.11 Å². The summed E-state index contributed by atoms with van der Waals surface area (Å²) in [5.41, 5.74) is 0. The Bertz CT molecular complexity index is 340. The molecule has 0 bridgehead atoms. The second-order valence-corrected chi connectivity index (χ2v) is 5.07. The molecule has 0 aromatic carbocycles. The lowest BCUT2D eigenvalue weighted by molar-refractivity contribution is -0.154. The SMILES string of the molecule is CCCCCCCCC(=O)N1C(=O)CCC1C(=O)O. The van der Waals surface area contributed by atoms with E-state index >= 15 is 0 Å². The van der Waals surface area contributed by atoms with E-state index in [1.165, 1.54) is 19.3 Å². The zero-order chi connectivity index (χ0) is 14.3. The molecule has 0 saturated carbocycles. The highest BCUT2D eigenvalue weighted by Gasteiger charge is 2.39. The van der Waals surface area contributed by atoms with Crippen molar-refractivity contribution < 1.29 is 19.5 Å². The van der Waals surface area contributed by atoms with Crippen LogP contribution in [0.3, 0.4) is 0 Å². The van der Waals surface area contributed by atoms with Crippen molar-refractivity contribution in [2.24, 2.45) is 0 Å². The zero-order valence-corrected chi connectivity index (χ0v) is 11.6. The van der Waals surface area contributed by atoms with Gasteiger partial charge in [-0.05, 0) is 12.8 Å². The Kier molecular flexibility index (Phi) is 6.53. The molecule has 1 saturated heterocycles. The molecule has 1 unspecified atom stereocenters. The molecule has 1 N–H and O–H groups in total. The van der Waals surface area contributed by atoms with Crippen LogP contribution in [0.15, 0.2) is 0 Å². The monoisotopic (exact) mass is 269 g/mol. The van der Waals surface area contributed by atoms with Crippen LogP contribution in [0.5, 0.6) is 0 Å². The number of carbonyl (C=O) groups is 3. The highest BCUT2D eigenvalue weighted by atomic mass is 16.4. The van der Waals surface area contributed by atoms with E-state index in [1.807, 2.05) is 0 Å². The number of likely N-dealkylation sites (tertiary alicyclic amines) is 1. The maximum absolute atomic E-state index is 11.9. The lowest BCUT2D eigenvalue weighted by atomic mass is 10.1. The van der Waals surface area contributed by atoms with Crippen molar-refractivity contribution in [2.75, 3.05) is 0 Å². The van der Waals surface area contributed by atoms with Crippen molar-refractivity contribution in [1.82, 2.24) is 4.90 Å². The van der Waals surface area contributed by atoms with Crippen LogP contribution in [0.25, 0.3) is 0 Å². The smallest absolute Gasteiger partial charge is 0.326 e. The minimum absolute atomic E-state index is 0.166. The first kappa shape index (κ1) is 15.7. The van der Waals surface area contributed by atoms with Crippen molar-refractivity contribution in [3.63, 3.8) is 0 Å². The van der Waals surface area contributed by atoms with Gasteiger partial charge < -0.3 is 5.11 Å². The molecular formula is C14H23NO4. The number of nitrogens with zero attached hydrogens (tertiary/aromatic N) is 1. The van der Waals surface area contributed by atoms with E-state index in [2.05, 4.69) is 6.92 Å². The number of unbranched alkanes of at least 4 members (excludes halogenated alkanes) is 5. The molecule has 2 amide bonds. The van der Waals surface area contributed by atoms with E-state index in [0.717, 1.165) is 24.2 Å². The van der Waals surface area contributed by atoms with Crippen LogP contribution in [0.1, 0.15) is 64.7 Å². The average Bonchev–Trinajstić information content (AvgIpc) is 2.75. The number of rotatable bonds is 8. The Morgan fingerprint density at radius 3 is 2.47 bits per heavy atom. The number of carbonyl (C=O) groups excluding carboxylic acids is 2. The highest BCUT2D eigenvalue weighted by Crippen LogP contribution is 2.21. The van der Waals surface area contributed by atoms with Crippen LogP contribution in [0.2, 0.25) is 0 Å². The number of hydrogen-bond donors (Lipinski definition) is 1. The van der Waals surface area contributed by atoms with Crippen molar-refractivity contribution in [3.8, 4) is 0 Å². The van der Waals surface area contributed by atoms with Gasteiger partial charge in [0.1, 0.15) is 6.04 Å². The van der Waals surface area contributed by atoms with Gasteiger partial charge in [-0.2, -0.15) is 0 Å². The van der Waals surface area contributed by atoms with Crippen LogP contribution in [-0.4, -0.2) is 33.8 Å². The van der Waals surface area contributed by atoms with Gasteiger partial charge in [0.2, 0.25) is 11.8 Å². The molecule has 1 rings (SSSR count). The summed E-state index contributed by atoms with van der Waals surface area (Å²) in [5.74, 6) is -1.75. The van der Waals surface area contributed by atoms with Crippen molar-refractivity contribution in [3.05, 3.63) is 0 Å². The van der Waals surface area contributed by atoms with Gasteiger partial charge >= 0.3 is 5.97 Å². The summed E-state index contributed by atoms with van der Waals surface area (Å²) in [6, 6.07) is -0.944. The van der Waals surface area contributed by atoms with Gasteiger partial charge in [0, 0.05) is 12.8 Å². The van der Waals surface area contributed by atoms with Gasteiger partial charge in [-0.1, -0.05) is 39.0 Å². The van der Waals surface area contributed by atoms with Crippen molar-refractivity contribution in [2.45, 2.75) is 70.8 Å². The molecule has 1 aliphatic rings. The average molecular weight is 269 g/mol. The van der Waals surface area contributed by atoms with E-state index < -0.39 is 12.0 Å². The second-order valence-electron chi connectivity index (χ2n) is 5.07. The summed E-state index contributed by atoms with van der Waals surface area (Å²) in [4.78, 5) is 35.4. The third kappa shape index (κ3) is 4.65. The molecular weight excluding hydrogens is 246 g/mol. The van der Waals surface area contributed by atoms with Crippen molar-refractivity contribution >= 4 is 17.8 Å². The first-order valence-electron chi connectivity index (χ1n) is 7.15. The quantitative estimate of drug-likeness (QED) is 0.686. The summed E-state index contributed by atoms with van der Waals surface area (Å²) in [5, 5.41) is 8.97. The molecule has 5 nitrogen and oxygen atoms in total. The van der Waals surface area contributed by atoms with E-state index in [9.17, 15) is 14.4 Å². The third-order valence-corrected chi connectivity index (χ3v) is 3.51. The van der Waals surface area contributed by atoms with Gasteiger partial charge in [-0.25, -0.2) is 4.79 Å². The highest BCUT2D eigenvalue weighted by molar-refractivity contribution is 6.01. The van der Waals surface area contributed by atoms with Gasteiger partial charge in [0.05, 0.1) is 0 Å². The topological polar surface area (TPSA) is 74.7 Å². The lowest BCUT2D eigenvalue weighted by Gasteiger charge is -2.19. The minimum Gasteiger partial charge on any atom is -0.480 e. The molecule has 1 heterocycles. The fourth-order valence-electron chi connectivity index (χ4n) is 2.41. The van der Waals surface area contributed by atoms with Crippen LogP contribution < -0.4 is 0 Å². The molecule has 0 aromatic heterocycles. The maximum Gasteiger partial charge on any atom is 0.326 e. The van der Waals surface area contributed by atoms with Gasteiger partial charge in [0.15, 0.2) is 0 Å². The van der Waals surface area contributed by atoms with E-state index in [0.29, 0.717) is 0 Å². The lowest BCUT2D eigenvalue weighted by Crippen LogP contribution is -2.42. The van der Waals surface area contributed by atoms with Crippen LogP contribution >= 0.6 is 0 Å². The molecule has 108 valence electrons. The van der Waals surface area contributed by atoms with Crippen LogP contribution in [0.4, 0.5) is 0 Å². The summed E-state index contributed by atoms with van der Waals surface area (Å²) < 4.78 is 0. The van der Waals surface area contributed by atoms with Gasteiger partial charge in [-0.15, -0.1) is 0 Å². The molecule has 0 radical (unpaired) electrons. The second kappa shape index (κ2) is 7.92. The predicted molar refractivity (Wildman–Crippen MR) is 70.5 cm³/mol. The molecule has 5 heteroatoms. The molecule has 0 spiro atoms. The summed E-state index contributed by atoms with van der Waals surface area (Å²) in [6.07, 6.45) is 7.05. The van der Waals surface area contributed by atoms with Crippen LogP contribution in [0, 0.1) is 0 Å². The molecule has 0 aromatic rings. The van der Waals surface area contributed by atoms with Crippen molar-refractivity contribution in [1.29, 1.82) is 0 Å². The van der Waals surface area contributed by atoms with Crippen LogP contribution in [-0.2, 0) is 14.4 Å². The first-order chi connectivity index (χ1) is 9.07. The molecule has 1 atom stereocenters. The number of hydrogen-bond acceptors (Lipinski definition) is 3. The maximum atomic E-state index is 11.9. The molecule has 19 heavy (non-hydrogen) atoms. The van der Waals surface area contributed by atoms with E-state index in [-0.39, 0.29) is 31.1 Å². The van der Waals surface area contributed by atoms with E-state index in [1.54, 1.807) is 0 Å². The van der Waals surface area contributed by atoms with Gasteiger partial charge in [-0.3, -0.25) is 14.5 Å². The first-order valence-corrected chi connectivity index (χ1v) is 7.15. The number of amides is 2. The Balaban J connectivity index is 2.31. The third-order valence-electron chi connectivity index (χ3n) is 3.51. The Hall–Kier alpha value is -1.39. The fourth-order valence-corrected chi connectivity index (χ4v) is 2.41. The summed E-state index contributed by atoms with van der Waals surface area (Å²) in [7, 11) is 0. The largest absolute Gasteiger partial charge is 0.480 e. The van der Waals surface area contributed by atoms with Gasteiger partial charge in [0.25, 0.3) is 0 Å². The number of carboxylic acid groups (broad SMARTS) is 1. The normalized spacial score (nSPS) is 18.9. The standard InChI is InChI=1S/C14H23NO4/c1-2-3-4-5-6-7-8-12(16)15-11(14(18)19)9-10-13(15)17/h11H,2-10H2,1H3,(H,18,19). The summed E-state index contributed by atoms with van der Waals surface area (Å²) >= 11 is 0. The molecule has 1 fully saturated rings. The molecule has 0 aliphatic carbocycles. The zero-order valence-electron chi connectivity index (χ0n) is 11.6. The fraction of sp³-hybridized carbons (Fsp3) is 0.786. The molecule has 1 aliphatic heterocycles. The predicted octanol–water partition coefficient (Wildman–Crippen LogP) is 2.34. The number of aliphatic carboxylic acids is 1. The number of imide groups is 1. The Morgan fingerprint density at radius 1 is 1.21 bits per heavy atom. The Morgan fingerprint density at radius 2 is 1.84 bits per heavy atom. The summed E-state index contributed by atoms with van der Waals surface area (Å²) in [6.45, 7) is 2.15. The minimum atomic E-state index is -1.08.